The van der Waals surface area contributed by atoms with Crippen LogP contribution in [-0.2, 0) is 11.2 Å². The van der Waals surface area contributed by atoms with E-state index in [0.29, 0.717) is 29.8 Å². The van der Waals surface area contributed by atoms with Gasteiger partial charge in [0.05, 0.1) is 18.4 Å². The van der Waals surface area contributed by atoms with Crippen molar-refractivity contribution >= 4 is 11.7 Å². The van der Waals surface area contributed by atoms with Crippen molar-refractivity contribution in [3.8, 4) is 0 Å². The van der Waals surface area contributed by atoms with Gasteiger partial charge in [-0.2, -0.15) is 0 Å². The quantitative estimate of drug-likeness (QED) is 0.691. The van der Waals surface area contributed by atoms with Crippen molar-refractivity contribution in [3.05, 3.63) is 29.1 Å². The lowest BCUT2D eigenvalue weighted by atomic mass is 10.1. The Kier molecular flexibility index (Phi) is 2.11. The normalized spacial score (nSPS) is 13.3. The molecule has 1 heterocycles. The van der Waals surface area contributed by atoms with Gasteiger partial charge in [-0.1, -0.05) is 0 Å². The number of ether oxygens (including phenoxy) is 1. The van der Waals surface area contributed by atoms with Crippen LogP contribution in [0.4, 0.5) is 10.1 Å². The maximum Gasteiger partial charge on any atom is 0.339 e. The van der Waals surface area contributed by atoms with Gasteiger partial charge in [-0.15, -0.1) is 0 Å². The van der Waals surface area contributed by atoms with Gasteiger partial charge in [-0.3, -0.25) is 0 Å². The second-order valence-corrected chi connectivity index (χ2v) is 3.12. The molecule has 0 atom stereocenters. The summed E-state index contributed by atoms with van der Waals surface area (Å²) in [6, 6.07) is 2.75. The van der Waals surface area contributed by atoms with Gasteiger partial charge in [-0.25, -0.2) is 9.18 Å². The van der Waals surface area contributed by atoms with Crippen molar-refractivity contribution in [2.24, 2.45) is 0 Å². The van der Waals surface area contributed by atoms with Gasteiger partial charge >= 0.3 is 5.97 Å². The second-order valence-electron chi connectivity index (χ2n) is 3.12. The third kappa shape index (κ3) is 1.23. The summed E-state index contributed by atoms with van der Waals surface area (Å²) in [5, 5.41) is 2.98. The predicted molar refractivity (Wildman–Crippen MR) is 49.9 cm³/mol. The molecule has 1 aliphatic heterocycles. The Morgan fingerprint density at radius 3 is 3.07 bits per heavy atom. The number of halogens is 1. The second kappa shape index (κ2) is 3.29. The Balaban J connectivity index is 2.53. The molecule has 0 saturated carbocycles. The molecule has 14 heavy (non-hydrogen) atoms. The van der Waals surface area contributed by atoms with Crippen LogP contribution in [0.1, 0.15) is 15.9 Å². The van der Waals surface area contributed by atoms with E-state index in [1.807, 2.05) is 0 Å². The van der Waals surface area contributed by atoms with E-state index in [-0.39, 0.29) is 5.82 Å². The Morgan fingerprint density at radius 1 is 1.57 bits per heavy atom. The molecule has 0 saturated heterocycles. The summed E-state index contributed by atoms with van der Waals surface area (Å²) < 4.78 is 17.8. The summed E-state index contributed by atoms with van der Waals surface area (Å²) in [5.41, 5.74) is 1.56. The van der Waals surface area contributed by atoms with Crippen LogP contribution < -0.4 is 5.32 Å². The first-order valence-electron chi connectivity index (χ1n) is 4.37. The molecule has 0 aromatic heterocycles. The van der Waals surface area contributed by atoms with Crippen molar-refractivity contribution < 1.29 is 13.9 Å². The van der Waals surface area contributed by atoms with Gasteiger partial charge in [0.15, 0.2) is 0 Å². The number of benzene rings is 1. The number of fused-ring (bicyclic) bond motifs is 1. The average molecular weight is 195 g/mol. The molecule has 4 heteroatoms. The molecule has 0 amide bonds. The van der Waals surface area contributed by atoms with Crippen LogP contribution in [0.3, 0.4) is 0 Å². The minimum atomic E-state index is -0.435. The maximum absolute atomic E-state index is 13.2. The fourth-order valence-corrected chi connectivity index (χ4v) is 1.66. The smallest absolute Gasteiger partial charge is 0.339 e. The lowest BCUT2D eigenvalue weighted by Gasteiger charge is -2.06. The molecule has 1 aromatic rings. The molecule has 0 unspecified atom stereocenters. The Morgan fingerprint density at radius 2 is 2.36 bits per heavy atom. The van der Waals surface area contributed by atoms with Crippen LogP contribution in [0, 0.1) is 5.82 Å². The summed E-state index contributed by atoms with van der Waals surface area (Å²) in [5.74, 6) is -0.701. The first kappa shape index (κ1) is 8.99. The van der Waals surface area contributed by atoms with Crippen LogP contribution in [0.15, 0.2) is 12.1 Å². The standard InChI is InChI=1S/C10H10FNO2/c1-14-10(13)7-2-3-8(11)6-4-5-12-9(6)7/h2-3,12H,4-5H2,1H3. The number of carbonyl (C=O) groups is 1. The number of hydrogen-bond acceptors (Lipinski definition) is 3. The topological polar surface area (TPSA) is 38.3 Å². The van der Waals surface area contributed by atoms with E-state index in [9.17, 15) is 9.18 Å². The monoisotopic (exact) mass is 195 g/mol. The molecule has 74 valence electrons. The fraction of sp³-hybridized carbons (Fsp3) is 0.300. The molecule has 0 aliphatic carbocycles. The number of methoxy groups -OCH3 is 1. The van der Waals surface area contributed by atoms with E-state index in [1.165, 1.54) is 19.2 Å². The number of nitrogens with one attached hydrogen (secondary N) is 1. The summed E-state index contributed by atoms with van der Waals surface area (Å²) in [4.78, 5) is 11.3. The zero-order valence-corrected chi connectivity index (χ0v) is 7.76. The number of carbonyl (C=O) groups excluding carboxylic acids is 1. The van der Waals surface area contributed by atoms with Crippen molar-refractivity contribution in [3.63, 3.8) is 0 Å². The molecule has 3 nitrogen and oxygen atoms in total. The number of rotatable bonds is 1. The predicted octanol–water partition coefficient (Wildman–Crippen LogP) is 1.58. The summed E-state index contributed by atoms with van der Waals surface area (Å²) in [6.07, 6.45) is 0.617. The highest BCUT2D eigenvalue weighted by Gasteiger charge is 2.22. The van der Waals surface area contributed by atoms with Crippen LogP contribution in [0.25, 0.3) is 0 Å². The highest BCUT2D eigenvalue weighted by atomic mass is 19.1. The van der Waals surface area contributed by atoms with Crippen LogP contribution in [0.2, 0.25) is 0 Å². The summed E-state index contributed by atoms with van der Waals surface area (Å²) >= 11 is 0. The van der Waals surface area contributed by atoms with Crippen molar-refractivity contribution in [2.75, 3.05) is 19.0 Å². The Hall–Kier alpha value is -1.58. The molecular weight excluding hydrogens is 185 g/mol. The third-order valence-corrected chi connectivity index (χ3v) is 2.34. The molecule has 2 rings (SSSR count). The average Bonchev–Trinajstić information content (AvgIpc) is 2.67. The lowest BCUT2D eigenvalue weighted by Crippen LogP contribution is -2.05. The molecule has 1 N–H and O–H groups in total. The van der Waals surface area contributed by atoms with E-state index in [0.717, 1.165) is 0 Å². The minimum Gasteiger partial charge on any atom is -0.465 e. The highest BCUT2D eigenvalue weighted by molar-refractivity contribution is 5.97. The molecule has 1 aromatic carbocycles. The largest absolute Gasteiger partial charge is 0.465 e. The number of hydrogen-bond donors (Lipinski definition) is 1. The molecule has 0 fully saturated rings. The minimum absolute atomic E-state index is 0.266. The molecular formula is C10H10FNO2. The van der Waals surface area contributed by atoms with Gasteiger partial charge < -0.3 is 10.1 Å². The zero-order chi connectivity index (χ0) is 10.1. The van der Waals surface area contributed by atoms with Crippen LogP contribution in [0.5, 0.6) is 0 Å². The Labute approximate surface area is 80.9 Å². The third-order valence-electron chi connectivity index (χ3n) is 2.34. The molecule has 1 aliphatic rings. The number of esters is 1. The van der Waals surface area contributed by atoms with Gasteiger partial charge in [-0.05, 0) is 18.6 Å². The molecule has 0 bridgehead atoms. The summed E-state index contributed by atoms with van der Waals surface area (Å²) in [7, 11) is 1.31. The Bertz CT molecular complexity index is 390. The van der Waals surface area contributed by atoms with E-state index in [2.05, 4.69) is 10.1 Å². The van der Waals surface area contributed by atoms with Crippen molar-refractivity contribution in [1.82, 2.24) is 0 Å². The molecule has 0 radical (unpaired) electrons. The van der Waals surface area contributed by atoms with E-state index in [1.54, 1.807) is 0 Å². The first-order valence-corrected chi connectivity index (χ1v) is 4.37. The highest BCUT2D eigenvalue weighted by Crippen LogP contribution is 2.29. The summed E-state index contributed by atoms with van der Waals surface area (Å²) in [6.45, 7) is 0.667. The lowest BCUT2D eigenvalue weighted by molar-refractivity contribution is 0.0602. The van der Waals surface area contributed by atoms with Gasteiger partial charge in [0.1, 0.15) is 5.82 Å². The maximum atomic E-state index is 13.2. The SMILES string of the molecule is COC(=O)c1ccc(F)c2c1NCC2. The van der Waals surface area contributed by atoms with Gasteiger partial charge in [0.2, 0.25) is 0 Å². The first-order chi connectivity index (χ1) is 6.74. The van der Waals surface area contributed by atoms with Gasteiger partial charge in [0, 0.05) is 12.1 Å². The van der Waals surface area contributed by atoms with Crippen molar-refractivity contribution in [2.45, 2.75) is 6.42 Å². The molecule has 0 spiro atoms. The van der Waals surface area contributed by atoms with E-state index >= 15 is 0 Å². The van der Waals surface area contributed by atoms with E-state index < -0.39 is 5.97 Å². The number of anilines is 1. The van der Waals surface area contributed by atoms with E-state index in [4.69, 9.17) is 0 Å². The fourth-order valence-electron chi connectivity index (χ4n) is 1.66. The van der Waals surface area contributed by atoms with Crippen LogP contribution >= 0.6 is 0 Å². The zero-order valence-electron chi connectivity index (χ0n) is 7.76. The van der Waals surface area contributed by atoms with Gasteiger partial charge in [0.25, 0.3) is 0 Å². The van der Waals surface area contributed by atoms with Crippen molar-refractivity contribution in [1.29, 1.82) is 0 Å². The van der Waals surface area contributed by atoms with Crippen LogP contribution in [-0.4, -0.2) is 19.6 Å².